The zero-order valence-corrected chi connectivity index (χ0v) is 13.5. The Kier molecular flexibility index (Phi) is 5.45. The Hall–Kier alpha value is -1.74. The van der Waals surface area contributed by atoms with Gasteiger partial charge in [0.05, 0.1) is 6.61 Å². The molecule has 0 aliphatic carbocycles. The summed E-state index contributed by atoms with van der Waals surface area (Å²) in [5.41, 5.74) is 3.10. The van der Waals surface area contributed by atoms with Gasteiger partial charge in [-0.1, -0.05) is 30.3 Å². The molecule has 0 saturated carbocycles. The monoisotopic (exact) mass is 300 g/mol. The highest BCUT2D eigenvalue weighted by atomic mass is 32.2. The van der Waals surface area contributed by atoms with Gasteiger partial charge in [-0.05, 0) is 44.0 Å². The molecule has 0 N–H and O–H groups in total. The molecule has 0 aliphatic rings. The molecule has 0 aliphatic heterocycles. The van der Waals surface area contributed by atoms with Crippen LogP contribution in [0.4, 0.5) is 0 Å². The molecule has 2 nitrogen and oxygen atoms in total. The third kappa shape index (κ3) is 4.36. The second-order valence-electron chi connectivity index (χ2n) is 5.00. The number of para-hydroxylation sites is 1. The SMILES string of the molecule is CC(=O)c1ccc(SCCOc2c(C)cccc2C)cc1. The maximum atomic E-state index is 11.2. The van der Waals surface area contributed by atoms with Crippen LogP contribution in [0, 0.1) is 13.8 Å². The summed E-state index contributed by atoms with van der Waals surface area (Å²) in [5.74, 6) is 1.97. The number of hydrogen-bond acceptors (Lipinski definition) is 3. The lowest BCUT2D eigenvalue weighted by molar-refractivity contribution is 0.101. The van der Waals surface area contributed by atoms with E-state index in [4.69, 9.17) is 4.74 Å². The van der Waals surface area contributed by atoms with E-state index in [0.717, 1.165) is 22.0 Å². The van der Waals surface area contributed by atoms with E-state index in [0.29, 0.717) is 6.61 Å². The first-order valence-electron chi connectivity index (χ1n) is 7.01. The van der Waals surface area contributed by atoms with Gasteiger partial charge in [-0.15, -0.1) is 11.8 Å². The minimum absolute atomic E-state index is 0.102. The molecule has 0 spiro atoms. The summed E-state index contributed by atoms with van der Waals surface area (Å²) in [6.45, 7) is 6.39. The molecule has 0 bridgehead atoms. The first-order valence-corrected chi connectivity index (χ1v) is 7.99. The summed E-state index contributed by atoms with van der Waals surface area (Å²) < 4.78 is 5.88. The fourth-order valence-electron chi connectivity index (χ4n) is 2.12. The quantitative estimate of drug-likeness (QED) is 0.440. The second-order valence-corrected chi connectivity index (χ2v) is 6.17. The Labute approximate surface area is 130 Å². The van der Waals surface area contributed by atoms with Gasteiger partial charge in [-0.25, -0.2) is 0 Å². The Morgan fingerprint density at radius 1 is 1.05 bits per heavy atom. The van der Waals surface area contributed by atoms with Gasteiger partial charge in [0.15, 0.2) is 5.78 Å². The molecule has 2 rings (SSSR count). The minimum Gasteiger partial charge on any atom is -0.492 e. The molecule has 0 saturated heterocycles. The van der Waals surface area contributed by atoms with E-state index in [-0.39, 0.29) is 5.78 Å². The van der Waals surface area contributed by atoms with E-state index in [1.54, 1.807) is 18.7 Å². The summed E-state index contributed by atoms with van der Waals surface area (Å²) in [6, 6.07) is 13.9. The van der Waals surface area contributed by atoms with Gasteiger partial charge in [-0.2, -0.15) is 0 Å². The molecule has 0 radical (unpaired) electrons. The fraction of sp³-hybridized carbons (Fsp3) is 0.278. The van der Waals surface area contributed by atoms with E-state index in [2.05, 4.69) is 26.0 Å². The molecule has 21 heavy (non-hydrogen) atoms. The van der Waals surface area contributed by atoms with Gasteiger partial charge in [0.2, 0.25) is 0 Å². The molecular weight excluding hydrogens is 280 g/mol. The number of aryl methyl sites for hydroxylation is 2. The lowest BCUT2D eigenvalue weighted by Crippen LogP contribution is -2.02. The lowest BCUT2D eigenvalue weighted by Gasteiger charge is -2.11. The second kappa shape index (κ2) is 7.32. The zero-order chi connectivity index (χ0) is 15.2. The van der Waals surface area contributed by atoms with E-state index < -0.39 is 0 Å². The van der Waals surface area contributed by atoms with Crippen LogP contribution >= 0.6 is 11.8 Å². The maximum absolute atomic E-state index is 11.2. The number of benzene rings is 2. The highest BCUT2D eigenvalue weighted by molar-refractivity contribution is 7.99. The molecule has 2 aromatic carbocycles. The van der Waals surface area contributed by atoms with Crippen molar-refractivity contribution in [2.75, 3.05) is 12.4 Å². The maximum Gasteiger partial charge on any atom is 0.159 e. The van der Waals surface area contributed by atoms with Crippen LogP contribution in [-0.2, 0) is 0 Å². The highest BCUT2D eigenvalue weighted by Crippen LogP contribution is 2.23. The van der Waals surface area contributed by atoms with Gasteiger partial charge in [0.25, 0.3) is 0 Å². The third-order valence-electron chi connectivity index (χ3n) is 3.27. The average molecular weight is 300 g/mol. The van der Waals surface area contributed by atoms with Crippen LogP contribution in [0.2, 0.25) is 0 Å². The fourth-order valence-corrected chi connectivity index (χ4v) is 2.85. The van der Waals surface area contributed by atoms with Crippen molar-refractivity contribution in [2.24, 2.45) is 0 Å². The van der Waals surface area contributed by atoms with Crippen molar-refractivity contribution >= 4 is 17.5 Å². The third-order valence-corrected chi connectivity index (χ3v) is 4.24. The van der Waals surface area contributed by atoms with Gasteiger partial charge >= 0.3 is 0 Å². The number of rotatable bonds is 6. The van der Waals surface area contributed by atoms with Crippen LogP contribution in [-0.4, -0.2) is 18.1 Å². The number of carbonyl (C=O) groups is 1. The van der Waals surface area contributed by atoms with Crippen molar-refractivity contribution in [3.63, 3.8) is 0 Å². The first kappa shape index (κ1) is 15.6. The van der Waals surface area contributed by atoms with Gasteiger partial charge in [0.1, 0.15) is 5.75 Å². The molecule has 0 fully saturated rings. The van der Waals surface area contributed by atoms with Crippen LogP contribution in [0.5, 0.6) is 5.75 Å². The van der Waals surface area contributed by atoms with Gasteiger partial charge in [0, 0.05) is 16.2 Å². The number of ketones is 1. The van der Waals surface area contributed by atoms with E-state index in [1.165, 1.54) is 11.1 Å². The topological polar surface area (TPSA) is 26.3 Å². The van der Waals surface area contributed by atoms with Crippen LogP contribution in [0.15, 0.2) is 47.4 Å². The molecular formula is C18H20O2S. The largest absolute Gasteiger partial charge is 0.492 e. The van der Waals surface area contributed by atoms with E-state index in [9.17, 15) is 4.79 Å². The van der Waals surface area contributed by atoms with E-state index in [1.807, 2.05) is 30.3 Å². The predicted molar refractivity (Wildman–Crippen MR) is 88.6 cm³/mol. The molecule has 0 amide bonds. The average Bonchev–Trinajstić information content (AvgIpc) is 2.46. The predicted octanol–water partition coefficient (Wildman–Crippen LogP) is 4.68. The number of Topliss-reactive ketones (excluding diaryl/α,β-unsaturated/α-hetero) is 1. The molecule has 3 heteroatoms. The van der Waals surface area contributed by atoms with Crippen molar-refractivity contribution in [3.8, 4) is 5.75 Å². The standard InChI is InChI=1S/C18H20O2S/c1-13-5-4-6-14(2)18(13)20-11-12-21-17-9-7-16(8-10-17)15(3)19/h4-10H,11-12H2,1-3H3. The smallest absolute Gasteiger partial charge is 0.159 e. The molecule has 110 valence electrons. The van der Waals surface area contributed by atoms with Crippen molar-refractivity contribution in [1.82, 2.24) is 0 Å². The summed E-state index contributed by atoms with van der Waals surface area (Å²) in [6.07, 6.45) is 0. The number of carbonyl (C=O) groups excluding carboxylic acids is 1. The minimum atomic E-state index is 0.102. The van der Waals surface area contributed by atoms with Crippen LogP contribution in [0.25, 0.3) is 0 Å². The lowest BCUT2D eigenvalue weighted by atomic mass is 10.1. The van der Waals surface area contributed by atoms with Crippen molar-refractivity contribution in [1.29, 1.82) is 0 Å². The zero-order valence-electron chi connectivity index (χ0n) is 12.7. The molecule has 0 aromatic heterocycles. The summed E-state index contributed by atoms with van der Waals surface area (Å²) in [5, 5.41) is 0. The van der Waals surface area contributed by atoms with Gasteiger partial charge in [-0.3, -0.25) is 4.79 Å². The van der Waals surface area contributed by atoms with Crippen LogP contribution in [0.3, 0.4) is 0 Å². The summed E-state index contributed by atoms with van der Waals surface area (Å²) >= 11 is 1.74. The normalized spacial score (nSPS) is 10.4. The number of hydrogen-bond donors (Lipinski definition) is 0. The summed E-state index contributed by atoms with van der Waals surface area (Å²) in [7, 11) is 0. The first-order chi connectivity index (χ1) is 10.1. The number of ether oxygens (including phenoxy) is 1. The molecule has 2 aromatic rings. The van der Waals surface area contributed by atoms with Crippen LogP contribution in [0.1, 0.15) is 28.4 Å². The number of thioether (sulfide) groups is 1. The van der Waals surface area contributed by atoms with Crippen molar-refractivity contribution in [3.05, 3.63) is 59.2 Å². The Morgan fingerprint density at radius 2 is 1.67 bits per heavy atom. The molecule has 0 heterocycles. The van der Waals surface area contributed by atoms with Crippen molar-refractivity contribution < 1.29 is 9.53 Å². The van der Waals surface area contributed by atoms with Gasteiger partial charge < -0.3 is 4.74 Å². The van der Waals surface area contributed by atoms with Crippen LogP contribution < -0.4 is 4.74 Å². The Morgan fingerprint density at radius 3 is 2.24 bits per heavy atom. The molecule has 0 unspecified atom stereocenters. The van der Waals surface area contributed by atoms with Crippen molar-refractivity contribution in [2.45, 2.75) is 25.7 Å². The summed E-state index contributed by atoms with van der Waals surface area (Å²) in [4.78, 5) is 12.4. The highest BCUT2D eigenvalue weighted by Gasteiger charge is 2.03. The van der Waals surface area contributed by atoms with E-state index >= 15 is 0 Å². The Bertz CT molecular complexity index is 597. The molecule has 0 atom stereocenters. The Balaban J connectivity index is 1.83.